The van der Waals surface area contributed by atoms with Gasteiger partial charge in [-0.3, -0.25) is 9.78 Å². The van der Waals surface area contributed by atoms with Crippen molar-refractivity contribution in [3.8, 4) is 0 Å². The highest BCUT2D eigenvalue weighted by Crippen LogP contribution is 2.17. The molecule has 0 saturated heterocycles. The average Bonchev–Trinajstić information content (AvgIpc) is 2.92. The second-order valence-electron chi connectivity index (χ2n) is 4.05. The van der Waals surface area contributed by atoms with Gasteiger partial charge in [0, 0.05) is 23.2 Å². The van der Waals surface area contributed by atoms with Gasteiger partial charge < -0.3 is 5.32 Å². The van der Waals surface area contributed by atoms with E-state index in [1.165, 1.54) is 11.3 Å². The van der Waals surface area contributed by atoms with E-state index in [2.05, 4.69) is 15.3 Å². The van der Waals surface area contributed by atoms with Crippen molar-refractivity contribution in [2.24, 2.45) is 0 Å². The molecule has 0 saturated carbocycles. The predicted molar refractivity (Wildman–Crippen MR) is 76.2 cm³/mol. The lowest BCUT2D eigenvalue weighted by atomic mass is 10.1. The highest BCUT2D eigenvalue weighted by Gasteiger charge is 2.08. The fourth-order valence-electron chi connectivity index (χ4n) is 1.93. The van der Waals surface area contributed by atoms with Crippen LogP contribution in [-0.2, 0) is 11.2 Å². The van der Waals surface area contributed by atoms with Crippen LogP contribution in [0.1, 0.15) is 5.56 Å². The van der Waals surface area contributed by atoms with Gasteiger partial charge in [0.1, 0.15) is 0 Å². The Kier molecular flexibility index (Phi) is 3.20. The van der Waals surface area contributed by atoms with Crippen molar-refractivity contribution in [1.82, 2.24) is 9.97 Å². The van der Waals surface area contributed by atoms with Crippen molar-refractivity contribution in [1.29, 1.82) is 0 Å². The normalized spacial score (nSPS) is 10.5. The van der Waals surface area contributed by atoms with Gasteiger partial charge in [-0.25, -0.2) is 4.98 Å². The summed E-state index contributed by atoms with van der Waals surface area (Å²) in [4.78, 5) is 20.3. The third-order valence-electron chi connectivity index (χ3n) is 2.75. The van der Waals surface area contributed by atoms with Gasteiger partial charge in [-0.2, -0.15) is 0 Å². The van der Waals surface area contributed by atoms with Gasteiger partial charge in [-0.15, -0.1) is 11.3 Å². The Morgan fingerprint density at radius 2 is 2.05 bits per heavy atom. The van der Waals surface area contributed by atoms with Crippen LogP contribution >= 0.6 is 11.3 Å². The molecule has 1 aromatic carbocycles. The zero-order valence-corrected chi connectivity index (χ0v) is 10.9. The molecule has 1 amide bonds. The summed E-state index contributed by atoms with van der Waals surface area (Å²) in [6, 6.07) is 9.74. The summed E-state index contributed by atoms with van der Waals surface area (Å²) >= 11 is 1.41. The van der Waals surface area contributed by atoms with Crippen molar-refractivity contribution in [2.75, 3.05) is 5.32 Å². The van der Waals surface area contributed by atoms with E-state index < -0.39 is 0 Å². The van der Waals surface area contributed by atoms with E-state index in [0.29, 0.717) is 11.6 Å². The molecular weight excluding hydrogens is 258 g/mol. The Hall–Kier alpha value is -2.27. The molecule has 0 aliphatic carbocycles. The maximum atomic E-state index is 12.0. The van der Waals surface area contributed by atoms with Crippen LogP contribution in [0.4, 0.5) is 5.13 Å². The number of pyridine rings is 1. The molecule has 0 aliphatic rings. The summed E-state index contributed by atoms with van der Waals surface area (Å²) in [6.07, 6.45) is 3.71. The fourth-order valence-corrected chi connectivity index (χ4v) is 2.48. The molecule has 2 aromatic heterocycles. The van der Waals surface area contributed by atoms with E-state index >= 15 is 0 Å². The van der Waals surface area contributed by atoms with Crippen LogP contribution in [0.2, 0.25) is 0 Å². The molecule has 0 radical (unpaired) electrons. The molecular formula is C14H11N3OS. The number of carbonyl (C=O) groups is 1. The predicted octanol–water partition coefficient (Wildman–Crippen LogP) is 2.87. The number of nitrogens with one attached hydrogen (secondary N) is 1. The van der Waals surface area contributed by atoms with Gasteiger partial charge in [0.25, 0.3) is 0 Å². The molecule has 0 unspecified atom stereocenters. The number of anilines is 1. The average molecular weight is 269 g/mol. The monoisotopic (exact) mass is 269 g/mol. The number of rotatable bonds is 3. The minimum absolute atomic E-state index is 0.0758. The number of nitrogens with zero attached hydrogens (tertiary/aromatic N) is 2. The first kappa shape index (κ1) is 11.8. The van der Waals surface area contributed by atoms with Crippen molar-refractivity contribution in [3.05, 3.63) is 53.7 Å². The molecule has 3 aromatic rings. The van der Waals surface area contributed by atoms with Crippen LogP contribution in [-0.4, -0.2) is 15.9 Å². The first-order valence-electron chi connectivity index (χ1n) is 5.85. The topological polar surface area (TPSA) is 54.9 Å². The number of amides is 1. The molecule has 5 heteroatoms. The quantitative estimate of drug-likeness (QED) is 0.795. The van der Waals surface area contributed by atoms with E-state index in [1.807, 2.05) is 35.7 Å². The van der Waals surface area contributed by atoms with Crippen molar-refractivity contribution >= 4 is 33.3 Å². The standard InChI is InChI=1S/C14H11N3OS/c18-12(17-14-16-7-8-19-14)9-11-4-1-3-10-5-2-6-15-13(10)11/h1-8H,9H2,(H,16,17,18). The van der Waals surface area contributed by atoms with Gasteiger partial charge in [-0.05, 0) is 11.6 Å². The molecule has 2 heterocycles. The van der Waals surface area contributed by atoms with Gasteiger partial charge in [0.2, 0.25) is 5.91 Å². The molecule has 3 rings (SSSR count). The molecule has 0 aliphatic heterocycles. The summed E-state index contributed by atoms with van der Waals surface area (Å²) in [5, 5.41) is 6.27. The zero-order valence-electron chi connectivity index (χ0n) is 10.0. The molecule has 4 nitrogen and oxygen atoms in total. The molecule has 0 spiro atoms. The van der Waals surface area contributed by atoms with Crippen LogP contribution in [0.15, 0.2) is 48.1 Å². The Bertz CT molecular complexity index is 704. The molecule has 94 valence electrons. The summed E-state index contributed by atoms with van der Waals surface area (Å²) in [5.41, 5.74) is 1.80. The fraction of sp³-hybridized carbons (Fsp3) is 0.0714. The van der Waals surface area contributed by atoms with Crippen molar-refractivity contribution in [2.45, 2.75) is 6.42 Å². The lowest BCUT2D eigenvalue weighted by molar-refractivity contribution is -0.115. The maximum absolute atomic E-state index is 12.0. The molecule has 0 bridgehead atoms. The van der Waals surface area contributed by atoms with E-state index in [0.717, 1.165) is 16.5 Å². The Balaban J connectivity index is 1.83. The highest BCUT2D eigenvalue weighted by molar-refractivity contribution is 7.13. The Morgan fingerprint density at radius 3 is 2.89 bits per heavy atom. The van der Waals surface area contributed by atoms with Gasteiger partial charge >= 0.3 is 0 Å². The number of thiazole rings is 1. The van der Waals surface area contributed by atoms with E-state index in [4.69, 9.17) is 0 Å². The number of aromatic nitrogens is 2. The van der Waals surface area contributed by atoms with E-state index in [-0.39, 0.29) is 5.91 Å². The van der Waals surface area contributed by atoms with Crippen LogP contribution < -0.4 is 5.32 Å². The van der Waals surface area contributed by atoms with Gasteiger partial charge in [0.15, 0.2) is 5.13 Å². The molecule has 0 atom stereocenters. The largest absolute Gasteiger partial charge is 0.302 e. The lowest BCUT2D eigenvalue weighted by Crippen LogP contribution is -2.14. The number of para-hydroxylation sites is 1. The Labute approximate surface area is 114 Å². The van der Waals surface area contributed by atoms with Crippen LogP contribution in [0.25, 0.3) is 10.9 Å². The molecule has 0 fully saturated rings. The summed E-state index contributed by atoms with van der Waals surface area (Å²) in [6.45, 7) is 0. The zero-order chi connectivity index (χ0) is 13.1. The lowest BCUT2D eigenvalue weighted by Gasteiger charge is -2.05. The van der Waals surface area contributed by atoms with Crippen molar-refractivity contribution < 1.29 is 4.79 Å². The first-order chi connectivity index (χ1) is 9.33. The number of benzene rings is 1. The Morgan fingerprint density at radius 1 is 1.16 bits per heavy atom. The van der Waals surface area contributed by atoms with Gasteiger partial charge in [-0.1, -0.05) is 24.3 Å². The number of fused-ring (bicyclic) bond motifs is 1. The van der Waals surface area contributed by atoms with Gasteiger partial charge in [0.05, 0.1) is 11.9 Å². The van der Waals surface area contributed by atoms with Crippen LogP contribution in [0.5, 0.6) is 0 Å². The first-order valence-corrected chi connectivity index (χ1v) is 6.73. The SMILES string of the molecule is O=C(Cc1cccc2cccnc12)Nc1nccs1. The van der Waals surface area contributed by atoms with Crippen molar-refractivity contribution in [3.63, 3.8) is 0 Å². The third-order valence-corrected chi connectivity index (χ3v) is 3.43. The maximum Gasteiger partial charge on any atom is 0.230 e. The second-order valence-corrected chi connectivity index (χ2v) is 4.95. The summed E-state index contributed by atoms with van der Waals surface area (Å²) in [7, 11) is 0. The number of hydrogen-bond donors (Lipinski definition) is 1. The number of carbonyl (C=O) groups excluding carboxylic acids is 1. The minimum Gasteiger partial charge on any atom is -0.302 e. The third kappa shape index (κ3) is 2.61. The highest BCUT2D eigenvalue weighted by atomic mass is 32.1. The summed E-state index contributed by atoms with van der Waals surface area (Å²) in [5.74, 6) is -0.0758. The van der Waals surface area contributed by atoms with Crippen LogP contribution in [0, 0.1) is 0 Å². The smallest absolute Gasteiger partial charge is 0.230 e. The second kappa shape index (κ2) is 5.16. The van der Waals surface area contributed by atoms with E-state index in [9.17, 15) is 4.79 Å². The minimum atomic E-state index is -0.0758. The van der Waals surface area contributed by atoms with Crippen LogP contribution in [0.3, 0.4) is 0 Å². The molecule has 1 N–H and O–H groups in total. The number of hydrogen-bond acceptors (Lipinski definition) is 4. The van der Waals surface area contributed by atoms with E-state index in [1.54, 1.807) is 12.4 Å². The summed E-state index contributed by atoms with van der Waals surface area (Å²) < 4.78 is 0. The molecule has 19 heavy (non-hydrogen) atoms.